The highest BCUT2D eigenvalue weighted by molar-refractivity contribution is 7.15. The van der Waals surface area contributed by atoms with Crippen LogP contribution < -0.4 is 5.73 Å². The number of benzene rings is 1. The summed E-state index contributed by atoms with van der Waals surface area (Å²) >= 11 is 1.43. The lowest BCUT2D eigenvalue weighted by molar-refractivity contribution is 0.0778. The molecule has 2 aromatic heterocycles. The van der Waals surface area contributed by atoms with Gasteiger partial charge in [-0.1, -0.05) is 30.3 Å². The number of thiazole rings is 1. The van der Waals surface area contributed by atoms with Gasteiger partial charge >= 0.3 is 0 Å². The number of hydrogen-bond acceptors (Lipinski definition) is 6. The predicted molar refractivity (Wildman–Crippen MR) is 95.1 cm³/mol. The number of nitrogens with one attached hydrogen (secondary N) is 1. The first kappa shape index (κ1) is 15.9. The van der Waals surface area contributed by atoms with Crippen molar-refractivity contribution in [1.29, 1.82) is 0 Å². The van der Waals surface area contributed by atoms with Crippen LogP contribution in [0.15, 0.2) is 36.7 Å². The number of hydrogen-bond donors (Lipinski definition) is 2. The molecule has 3 aromatic rings. The second kappa shape index (κ2) is 6.05. The van der Waals surface area contributed by atoms with Crippen LogP contribution >= 0.6 is 11.3 Å². The van der Waals surface area contributed by atoms with Gasteiger partial charge in [0.15, 0.2) is 10.8 Å². The first-order valence-electron chi connectivity index (χ1n) is 8.04. The summed E-state index contributed by atoms with van der Waals surface area (Å²) in [6.45, 7) is 3.01. The Morgan fingerprint density at radius 1 is 1.36 bits per heavy atom. The van der Waals surface area contributed by atoms with Gasteiger partial charge in [0.25, 0.3) is 5.91 Å². The quantitative estimate of drug-likeness (QED) is 0.748. The molecule has 1 unspecified atom stereocenters. The van der Waals surface area contributed by atoms with Crippen molar-refractivity contribution in [1.82, 2.24) is 25.1 Å². The number of nitrogens with zero attached hydrogens (tertiary/aromatic N) is 4. The molecule has 3 N–H and O–H groups in total. The molecular formula is C17H18N6OS. The van der Waals surface area contributed by atoms with Crippen molar-refractivity contribution in [3.05, 3.63) is 52.8 Å². The van der Waals surface area contributed by atoms with E-state index in [-0.39, 0.29) is 5.91 Å². The van der Waals surface area contributed by atoms with E-state index in [4.69, 9.17) is 5.73 Å². The lowest BCUT2D eigenvalue weighted by atomic mass is 9.90. The zero-order chi connectivity index (χ0) is 17.4. The molecule has 128 valence electrons. The molecule has 3 heterocycles. The molecular weight excluding hydrogens is 336 g/mol. The Balaban J connectivity index is 1.57. The van der Waals surface area contributed by atoms with E-state index in [1.165, 1.54) is 17.7 Å². The number of aryl methyl sites for hydroxylation is 1. The van der Waals surface area contributed by atoms with Crippen molar-refractivity contribution >= 4 is 17.2 Å². The summed E-state index contributed by atoms with van der Waals surface area (Å²) in [6.07, 6.45) is 2.16. The number of rotatable bonds is 3. The normalized spacial score (nSPS) is 20.2. The summed E-state index contributed by atoms with van der Waals surface area (Å²) in [7, 11) is 0. The number of aromatic nitrogens is 4. The van der Waals surface area contributed by atoms with Crippen molar-refractivity contribution < 1.29 is 4.79 Å². The van der Waals surface area contributed by atoms with Crippen molar-refractivity contribution in [2.24, 2.45) is 5.73 Å². The number of nitrogens with two attached hydrogens (primary N) is 1. The minimum atomic E-state index is -0.505. The highest BCUT2D eigenvalue weighted by Gasteiger charge is 2.39. The standard InChI is InChI=1S/C17H18N6OS/c1-11-13(21-15(25-11)14-19-10-20-22-14)16(24)23-8-7-17(18,9-23)12-5-3-2-4-6-12/h2-6,10H,7-9,18H2,1H3,(H,19,20,22). The molecule has 0 spiro atoms. The molecule has 0 saturated carbocycles. The molecule has 1 amide bonds. The average molecular weight is 354 g/mol. The predicted octanol–water partition coefficient (Wildman–Crippen LogP) is 1.94. The number of amides is 1. The first-order valence-corrected chi connectivity index (χ1v) is 8.85. The van der Waals surface area contributed by atoms with E-state index >= 15 is 0 Å². The third-order valence-corrected chi connectivity index (χ3v) is 5.53. The zero-order valence-electron chi connectivity index (χ0n) is 13.8. The number of carbonyl (C=O) groups excluding carboxylic acids is 1. The fourth-order valence-electron chi connectivity index (χ4n) is 3.17. The molecule has 0 radical (unpaired) electrons. The monoisotopic (exact) mass is 354 g/mol. The minimum Gasteiger partial charge on any atom is -0.335 e. The average Bonchev–Trinajstić information content (AvgIpc) is 3.35. The number of H-pyrrole nitrogens is 1. The van der Waals surface area contributed by atoms with Crippen LogP contribution in [-0.4, -0.2) is 44.1 Å². The van der Waals surface area contributed by atoms with Crippen LogP contribution in [0.25, 0.3) is 10.8 Å². The SMILES string of the molecule is Cc1sc(-c2ncn[nH]2)nc1C(=O)N1CCC(N)(c2ccccc2)C1. The summed E-state index contributed by atoms with van der Waals surface area (Å²) in [4.78, 5) is 24.2. The van der Waals surface area contributed by atoms with Crippen molar-refractivity contribution in [2.75, 3.05) is 13.1 Å². The molecule has 7 nitrogen and oxygen atoms in total. The Morgan fingerprint density at radius 3 is 2.88 bits per heavy atom. The van der Waals surface area contributed by atoms with E-state index in [0.29, 0.717) is 29.6 Å². The molecule has 1 saturated heterocycles. The molecule has 0 aliphatic carbocycles. The molecule has 1 atom stereocenters. The lowest BCUT2D eigenvalue weighted by Crippen LogP contribution is -2.41. The molecule has 25 heavy (non-hydrogen) atoms. The van der Waals surface area contributed by atoms with Crippen LogP contribution in [0, 0.1) is 6.92 Å². The maximum atomic E-state index is 12.9. The van der Waals surface area contributed by atoms with Gasteiger partial charge in [0.05, 0.1) is 5.54 Å². The van der Waals surface area contributed by atoms with Gasteiger partial charge in [-0.2, -0.15) is 5.10 Å². The molecule has 1 aliphatic rings. The second-order valence-electron chi connectivity index (χ2n) is 6.26. The fraction of sp³-hybridized carbons (Fsp3) is 0.294. The summed E-state index contributed by atoms with van der Waals surface area (Å²) in [6, 6.07) is 9.95. The first-order chi connectivity index (χ1) is 12.1. The van der Waals surface area contributed by atoms with E-state index in [2.05, 4.69) is 20.2 Å². The van der Waals surface area contributed by atoms with E-state index < -0.39 is 5.54 Å². The Bertz CT molecular complexity index is 891. The molecule has 1 aliphatic heterocycles. The van der Waals surface area contributed by atoms with Crippen LogP contribution in [0.4, 0.5) is 0 Å². The number of likely N-dealkylation sites (tertiary alicyclic amines) is 1. The Hall–Kier alpha value is -2.58. The summed E-state index contributed by atoms with van der Waals surface area (Å²) in [5.41, 5.74) is 7.59. The molecule has 0 bridgehead atoms. The van der Waals surface area contributed by atoms with E-state index in [9.17, 15) is 4.79 Å². The third-order valence-electron chi connectivity index (χ3n) is 4.55. The van der Waals surface area contributed by atoms with Gasteiger partial charge in [0.1, 0.15) is 12.0 Å². The van der Waals surface area contributed by atoms with Crippen LogP contribution in [0.5, 0.6) is 0 Å². The van der Waals surface area contributed by atoms with Gasteiger partial charge in [-0.05, 0) is 18.9 Å². The van der Waals surface area contributed by atoms with Gasteiger partial charge in [-0.15, -0.1) is 11.3 Å². The minimum absolute atomic E-state index is 0.0808. The summed E-state index contributed by atoms with van der Waals surface area (Å²) in [5, 5.41) is 7.28. The molecule has 4 rings (SSSR count). The van der Waals surface area contributed by atoms with Crippen LogP contribution in [0.2, 0.25) is 0 Å². The second-order valence-corrected chi connectivity index (χ2v) is 7.46. The zero-order valence-corrected chi connectivity index (χ0v) is 14.6. The summed E-state index contributed by atoms with van der Waals surface area (Å²) < 4.78 is 0. The summed E-state index contributed by atoms with van der Waals surface area (Å²) in [5.74, 6) is 0.494. The van der Waals surface area contributed by atoms with Crippen LogP contribution in [-0.2, 0) is 5.54 Å². The van der Waals surface area contributed by atoms with Crippen molar-refractivity contribution in [2.45, 2.75) is 18.9 Å². The van der Waals surface area contributed by atoms with E-state index in [1.807, 2.05) is 37.3 Å². The van der Waals surface area contributed by atoms with Crippen molar-refractivity contribution in [3.63, 3.8) is 0 Å². The van der Waals surface area contributed by atoms with Gasteiger partial charge in [-0.25, -0.2) is 9.97 Å². The molecule has 1 fully saturated rings. The molecule has 8 heteroatoms. The topological polar surface area (TPSA) is 101 Å². The maximum Gasteiger partial charge on any atom is 0.273 e. The van der Waals surface area contributed by atoms with Gasteiger partial charge in [0.2, 0.25) is 0 Å². The smallest absolute Gasteiger partial charge is 0.273 e. The Labute approximate surface area is 148 Å². The van der Waals surface area contributed by atoms with Crippen LogP contribution in [0.1, 0.15) is 27.3 Å². The third kappa shape index (κ3) is 2.83. The van der Waals surface area contributed by atoms with Gasteiger partial charge in [-0.3, -0.25) is 9.89 Å². The van der Waals surface area contributed by atoms with Crippen LogP contribution in [0.3, 0.4) is 0 Å². The van der Waals surface area contributed by atoms with Gasteiger partial charge < -0.3 is 10.6 Å². The van der Waals surface area contributed by atoms with E-state index in [0.717, 1.165) is 16.9 Å². The maximum absolute atomic E-state index is 12.9. The lowest BCUT2D eigenvalue weighted by Gasteiger charge is -2.25. The largest absolute Gasteiger partial charge is 0.335 e. The number of aromatic amines is 1. The van der Waals surface area contributed by atoms with E-state index in [1.54, 1.807) is 4.90 Å². The van der Waals surface area contributed by atoms with Crippen molar-refractivity contribution in [3.8, 4) is 10.8 Å². The number of carbonyl (C=O) groups is 1. The molecule has 1 aromatic carbocycles. The fourth-order valence-corrected chi connectivity index (χ4v) is 4.02. The Morgan fingerprint density at radius 2 is 2.16 bits per heavy atom. The Kier molecular flexibility index (Phi) is 3.85. The van der Waals surface area contributed by atoms with Gasteiger partial charge in [0, 0.05) is 18.0 Å². The highest BCUT2D eigenvalue weighted by Crippen LogP contribution is 2.32. The highest BCUT2D eigenvalue weighted by atomic mass is 32.1.